The van der Waals surface area contributed by atoms with Crippen molar-refractivity contribution in [2.75, 3.05) is 13.2 Å². The fourth-order valence-electron chi connectivity index (χ4n) is 4.32. The smallest absolute Gasteiger partial charge is 0.328 e. The van der Waals surface area contributed by atoms with Gasteiger partial charge in [-0.15, -0.1) is 0 Å². The van der Waals surface area contributed by atoms with Gasteiger partial charge in [0.2, 0.25) is 0 Å². The van der Waals surface area contributed by atoms with Gasteiger partial charge < -0.3 is 24.3 Å². The van der Waals surface area contributed by atoms with Crippen LogP contribution in [0.5, 0.6) is 5.75 Å². The van der Waals surface area contributed by atoms with Crippen LogP contribution in [0.4, 0.5) is 0 Å². The Kier molecular flexibility index (Phi) is 8.20. The lowest BCUT2D eigenvalue weighted by Gasteiger charge is -2.21. The summed E-state index contributed by atoms with van der Waals surface area (Å²) < 4.78 is 17.1. The van der Waals surface area contributed by atoms with Crippen molar-refractivity contribution in [3.8, 4) is 5.75 Å². The number of carboxylic acids is 1. The number of amides is 1. The second-order valence-electron chi connectivity index (χ2n) is 8.82. The Balaban J connectivity index is 1.31. The monoisotopic (exact) mass is 465 g/mol. The third-order valence-electron chi connectivity index (χ3n) is 6.23. The standard InChI is InChI=1S/C27H31NO6/c29-26(28-23(27(30)31)18-32-17-20-9-5-2-6-10-20)25-16-21-15-22(11-12-24(21)34-25)33-14-13-19-7-3-1-4-8-19/h2,5-6,9-12,15-16,19,23H,1,3-4,7-8,13-14,17-18H2,(H,28,29)(H,30,31). The summed E-state index contributed by atoms with van der Waals surface area (Å²) in [5.74, 6) is -0.254. The van der Waals surface area contributed by atoms with E-state index in [0.29, 0.717) is 12.2 Å². The Morgan fingerprint density at radius 1 is 1.06 bits per heavy atom. The Morgan fingerprint density at radius 3 is 2.62 bits per heavy atom. The Hall–Kier alpha value is -3.32. The molecular formula is C27H31NO6. The molecule has 7 nitrogen and oxygen atoms in total. The SMILES string of the molecule is O=C(NC(COCc1ccccc1)C(=O)O)c1cc2cc(OCCC3CCCCC3)ccc2o1. The highest BCUT2D eigenvalue weighted by atomic mass is 16.5. The van der Waals surface area contributed by atoms with Gasteiger partial charge in [0.25, 0.3) is 5.91 Å². The number of ether oxygens (including phenoxy) is 2. The zero-order chi connectivity index (χ0) is 23.8. The Bertz CT molecular complexity index is 1090. The van der Waals surface area contributed by atoms with E-state index in [9.17, 15) is 14.7 Å². The first-order valence-corrected chi connectivity index (χ1v) is 11.9. The van der Waals surface area contributed by atoms with Crippen molar-refractivity contribution >= 4 is 22.8 Å². The number of hydrogen-bond acceptors (Lipinski definition) is 5. The first-order chi connectivity index (χ1) is 16.6. The first-order valence-electron chi connectivity index (χ1n) is 11.9. The summed E-state index contributed by atoms with van der Waals surface area (Å²) in [5.41, 5.74) is 1.46. The lowest BCUT2D eigenvalue weighted by atomic mass is 9.87. The van der Waals surface area contributed by atoms with E-state index in [1.54, 1.807) is 12.1 Å². The van der Waals surface area contributed by atoms with Gasteiger partial charge in [-0.05, 0) is 42.2 Å². The fraction of sp³-hybridized carbons (Fsp3) is 0.407. The lowest BCUT2D eigenvalue weighted by Crippen LogP contribution is -2.43. The van der Waals surface area contributed by atoms with Crippen LogP contribution in [0.3, 0.4) is 0 Å². The van der Waals surface area contributed by atoms with Gasteiger partial charge in [0, 0.05) is 5.39 Å². The van der Waals surface area contributed by atoms with E-state index >= 15 is 0 Å². The molecule has 1 saturated carbocycles. The molecule has 1 amide bonds. The largest absolute Gasteiger partial charge is 0.494 e. The van der Waals surface area contributed by atoms with Crippen molar-refractivity contribution in [1.29, 1.82) is 0 Å². The Labute approximate surface area is 199 Å². The van der Waals surface area contributed by atoms with E-state index in [-0.39, 0.29) is 19.0 Å². The number of rotatable bonds is 11. The van der Waals surface area contributed by atoms with E-state index in [4.69, 9.17) is 13.9 Å². The molecule has 1 fully saturated rings. The van der Waals surface area contributed by atoms with E-state index in [1.165, 1.54) is 32.1 Å². The number of aliphatic carboxylic acids is 1. The van der Waals surface area contributed by atoms with E-state index in [0.717, 1.165) is 29.0 Å². The molecule has 180 valence electrons. The summed E-state index contributed by atoms with van der Waals surface area (Å²) in [4.78, 5) is 24.2. The van der Waals surface area contributed by atoms with Gasteiger partial charge in [-0.1, -0.05) is 62.4 Å². The summed E-state index contributed by atoms with van der Waals surface area (Å²) in [5, 5.41) is 12.7. The first kappa shape index (κ1) is 23.8. The van der Waals surface area contributed by atoms with Crippen molar-refractivity contribution in [3.63, 3.8) is 0 Å². The number of carbonyl (C=O) groups is 2. The van der Waals surface area contributed by atoms with Crippen LogP contribution in [-0.4, -0.2) is 36.2 Å². The second-order valence-corrected chi connectivity index (χ2v) is 8.82. The summed E-state index contributed by atoms with van der Waals surface area (Å²) in [6, 6.07) is 15.3. The van der Waals surface area contributed by atoms with Gasteiger partial charge in [-0.2, -0.15) is 0 Å². The van der Waals surface area contributed by atoms with Crippen molar-refractivity contribution < 1.29 is 28.6 Å². The minimum Gasteiger partial charge on any atom is -0.494 e. The van der Waals surface area contributed by atoms with E-state index in [1.807, 2.05) is 42.5 Å². The molecule has 1 aliphatic rings. The lowest BCUT2D eigenvalue weighted by molar-refractivity contribution is -0.141. The number of furan rings is 1. The molecule has 0 spiro atoms. The molecule has 1 unspecified atom stereocenters. The molecule has 1 atom stereocenters. The zero-order valence-corrected chi connectivity index (χ0v) is 19.2. The molecule has 1 heterocycles. The highest BCUT2D eigenvalue weighted by Crippen LogP contribution is 2.28. The minimum absolute atomic E-state index is 0.0451. The minimum atomic E-state index is -1.19. The number of nitrogens with one attached hydrogen (secondary N) is 1. The number of carbonyl (C=O) groups excluding carboxylic acids is 1. The van der Waals surface area contributed by atoms with Crippen LogP contribution in [0.1, 0.15) is 54.6 Å². The number of benzene rings is 2. The average molecular weight is 466 g/mol. The van der Waals surface area contributed by atoms with Gasteiger partial charge >= 0.3 is 5.97 Å². The molecule has 0 aliphatic heterocycles. The number of fused-ring (bicyclic) bond motifs is 1. The van der Waals surface area contributed by atoms with Crippen LogP contribution in [-0.2, 0) is 16.1 Å². The topological polar surface area (TPSA) is 98.0 Å². The van der Waals surface area contributed by atoms with Crippen LogP contribution < -0.4 is 10.1 Å². The molecule has 2 N–H and O–H groups in total. The summed E-state index contributed by atoms with van der Waals surface area (Å²) in [6.45, 7) is 0.772. The third-order valence-corrected chi connectivity index (χ3v) is 6.23. The summed E-state index contributed by atoms with van der Waals surface area (Å²) >= 11 is 0. The maximum absolute atomic E-state index is 12.6. The summed E-state index contributed by atoms with van der Waals surface area (Å²) in [6.07, 6.45) is 7.61. The normalized spacial score (nSPS) is 15.2. The van der Waals surface area contributed by atoms with Crippen LogP contribution in [0.25, 0.3) is 11.0 Å². The highest BCUT2D eigenvalue weighted by Gasteiger charge is 2.23. The van der Waals surface area contributed by atoms with Crippen molar-refractivity contribution in [2.45, 2.75) is 51.2 Å². The molecule has 0 saturated heterocycles. The maximum Gasteiger partial charge on any atom is 0.328 e. The zero-order valence-electron chi connectivity index (χ0n) is 19.2. The van der Waals surface area contributed by atoms with E-state index < -0.39 is 17.9 Å². The second kappa shape index (κ2) is 11.7. The van der Waals surface area contributed by atoms with Crippen molar-refractivity contribution in [3.05, 3.63) is 65.9 Å². The molecule has 0 bridgehead atoms. The van der Waals surface area contributed by atoms with Crippen molar-refractivity contribution in [2.24, 2.45) is 5.92 Å². The molecule has 0 radical (unpaired) electrons. The molecule has 1 aliphatic carbocycles. The molecular weight excluding hydrogens is 434 g/mol. The summed E-state index contributed by atoms with van der Waals surface area (Å²) in [7, 11) is 0. The molecule has 2 aromatic carbocycles. The predicted octanol–water partition coefficient (Wildman–Crippen LogP) is 5.18. The predicted molar refractivity (Wildman–Crippen MR) is 128 cm³/mol. The van der Waals surface area contributed by atoms with Crippen LogP contribution in [0.2, 0.25) is 0 Å². The molecule has 3 aromatic rings. The van der Waals surface area contributed by atoms with Crippen molar-refractivity contribution in [1.82, 2.24) is 5.32 Å². The maximum atomic E-state index is 12.6. The average Bonchev–Trinajstić information content (AvgIpc) is 3.28. The highest BCUT2D eigenvalue weighted by molar-refractivity contribution is 5.98. The number of carboxylic acid groups (broad SMARTS) is 1. The number of hydrogen-bond donors (Lipinski definition) is 2. The fourth-order valence-corrected chi connectivity index (χ4v) is 4.32. The molecule has 7 heteroatoms. The van der Waals surface area contributed by atoms with Gasteiger partial charge in [-0.25, -0.2) is 4.79 Å². The third kappa shape index (κ3) is 6.60. The molecule has 4 rings (SSSR count). The van der Waals surface area contributed by atoms with Gasteiger partial charge in [0.15, 0.2) is 11.8 Å². The van der Waals surface area contributed by atoms with Crippen LogP contribution >= 0.6 is 0 Å². The molecule has 34 heavy (non-hydrogen) atoms. The Morgan fingerprint density at radius 2 is 1.85 bits per heavy atom. The van der Waals surface area contributed by atoms with E-state index in [2.05, 4.69) is 5.32 Å². The quantitative estimate of drug-likeness (QED) is 0.405. The van der Waals surface area contributed by atoms with Gasteiger partial charge in [0.1, 0.15) is 11.3 Å². The molecule has 1 aromatic heterocycles. The van der Waals surface area contributed by atoms with Gasteiger partial charge in [0.05, 0.1) is 19.8 Å². The van der Waals surface area contributed by atoms with Gasteiger partial charge in [-0.3, -0.25) is 4.79 Å². The van der Waals surface area contributed by atoms with Crippen LogP contribution in [0, 0.1) is 5.92 Å². The van der Waals surface area contributed by atoms with Crippen LogP contribution in [0.15, 0.2) is 59.0 Å².